The first-order valence-corrected chi connectivity index (χ1v) is 4.99. The van der Waals surface area contributed by atoms with Gasteiger partial charge in [0, 0.05) is 6.08 Å². The predicted molar refractivity (Wildman–Crippen MR) is 58.5 cm³/mol. The molecule has 4 heteroatoms. The SMILES string of the molecule is O=C(/C=C\c1ccccc1)N1CCOC1=O. The van der Waals surface area contributed by atoms with Crippen molar-refractivity contribution in [2.45, 2.75) is 0 Å². The Bertz CT molecular complexity index is 425. The van der Waals surface area contributed by atoms with E-state index >= 15 is 0 Å². The highest BCUT2D eigenvalue weighted by atomic mass is 16.6. The van der Waals surface area contributed by atoms with Gasteiger partial charge in [0.15, 0.2) is 0 Å². The lowest BCUT2D eigenvalue weighted by molar-refractivity contribution is -0.122. The molecule has 2 amide bonds. The van der Waals surface area contributed by atoms with Crippen molar-refractivity contribution in [3.8, 4) is 0 Å². The second kappa shape index (κ2) is 4.61. The summed E-state index contributed by atoms with van der Waals surface area (Å²) in [5.41, 5.74) is 0.920. The van der Waals surface area contributed by atoms with Gasteiger partial charge in [-0.15, -0.1) is 0 Å². The Morgan fingerprint density at radius 3 is 2.69 bits per heavy atom. The third-order valence-corrected chi connectivity index (χ3v) is 2.24. The monoisotopic (exact) mass is 217 g/mol. The lowest BCUT2D eigenvalue weighted by atomic mass is 10.2. The minimum atomic E-state index is -0.567. The van der Waals surface area contributed by atoms with Gasteiger partial charge in [-0.2, -0.15) is 0 Å². The summed E-state index contributed by atoms with van der Waals surface area (Å²) >= 11 is 0. The van der Waals surface area contributed by atoms with E-state index in [1.54, 1.807) is 6.08 Å². The van der Waals surface area contributed by atoms with E-state index in [9.17, 15) is 9.59 Å². The van der Waals surface area contributed by atoms with Crippen LogP contribution in [-0.4, -0.2) is 30.1 Å². The van der Waals surface area contributed by atoms with E-state index < -0.39 is 6.09 Å². The van der Waals surface area contributed by atoms with Gasteiger partial charge >= 0.3 is 6.09 Å². The normalized spacial score (nSPS) is 15.5. The highest BCUT2D eigenvalue weighted by molar-refractivity contribution is 6.01. The van der Waals surface area contributed by atoms with Crippen LogP contribution in [0.5, 0.6) is 0 Å². The first-order valence-electron chi connectivity index (χ1n) is 4.99. The van der Waals surface area contributed by atoms with Crippen molar-refractivity contribution in [1.29, 1.82) is 0 Å². The molecule has 1 heterocycles. The zero-order chi connectivity index (χ0) is 11.4. The van der Waals surface area contributed by atoms with Crippen molar-refractivity contribution in [2.75, 3.05) is 13.2 Å². The van der Waals surface area contributed by atoms with Crippen molar-refractivity contribution in [1.82, 2.24) is 4.90 Å². The van der Waals surface area contributed by atoms with Crippen molar-refractivity contribution in [3.63, 3.8) is 0 Å². The van der Waals surface area contributed by atoms with Crippen LogP contribution in [0.25, 0.3) is 6.08 Å². The van der Waals surface area contributed by atoms with E-state index in [0.717, 1.165) is 10.5 Å². The molecule has 0 N–H and O–H groups in total. The molecule has 0 aliphatic carbocycles. The highest BCUT2D eigenvalue weighted by Gasteiger charge is 2.26. The molecule has 0 saturated carbocycles. The quantitative estimate of drug-likeness (QED) is 0.708. The maximum absolute atomic E-state index is 11.6. The first kappa shape index (κ1) is 10.4. The number of nitrogens with zero attached hydrogens (tertiary/aromatic N) is 1. The van der Waals surface area contributed by atoms with Gasteiger partial charge in [0.1, 0.15) is 6.61 Å². The molecule has 1 fully saturated rings. The highest BCUT2D eigenvalue weighted by Crippen LogP contribution is 2.06. The summed E-state index contributed by atoms with van der Waals surface area (Å²) in [5, 5.41) is 0. The summed E-state index contributed by atoms with van der Waals surface area (Å²) in [4.78, 5) is 23.7. The smallest absolute Gasteiger partial charge is 0.416 e. The third kappa shape index (κ3) is 2.28. The minimum absolute atomic E-state index is 0.281. The molecule has 2 rings (SSSR count). The Labute approximate surface area is 93.1 Å². The lowest BCUT2D eigenvalue weighted by Gasteiger charge is -2.06. The van der Waals surface area contributed by atoms with E-state index in [4.69, 9.17) is 0 Å². The summed E-state index contributed by atoms with van der Waals surface area (Å²) < 4.78 is 4.67. The lowest BCUT2D eigenvalue weighted by Crippen LogP contribution is -2.29. The molecule has 0 atom stereocenters. The van der Waals surface area contributed by atoms with Crippen molar-refractivity contribution in [3.05, 3.63) is 42.0 Å². The number of hydrogen-bond donors (Lipinski definition) is 0. The Morgan fingerprint density at radius 2 is 2.06 bits per heavy atom. The fraction of sp³-hybridized carbons (Fsp3) is 0.167. The summed E-state index contributed by atoms with van der Waals surface area (Å²) in [6.07, 6.45) is 2.48. The summed E-state index contributed by atoms with van der Waals surface area (Å²) in [6, 6.07) is 9.43. The van der Waals surface area contributed by atoms with Crippen LogP contribution in [0.4, 0.5) is 4.79 Å². The fourth-order valence-corrected chi connectivity index (χ4v) is 1.42. The molecule has 4 nitrogen and oxygen atoms in total. The van der Waals surface area contributed by atoms with Crippen LogP contribution in [0.15, 0.2) is 36.4 Å². The maximum atomic E-state index is 11.6. The Morgan fingerprint density at radius 1 is 1.31 bits per heavy atom. The summed E-state index contributed by atoms with van der Waals surface area (Å²) in [5.74, 6) is -0.341. The third-order valence-electron chi connectivity index (χ3n) is 2.24. The van der Waals surface area contributed by atoms with Crippen molar-refractivity contribution in [2.24, 2.45) is 0 Å². The number of carbonyl (C=O) groups excluding carboxylic acids is 2. The Kier molecular flexibility index (Phi) is 3.00. The van der Waals surface area contributed by atoms with E-state index in [2.05, 4.69) is 4.74 Å². The standard InChI is InChI=1S/C12H11NO3/c14-11(13-8-9-16-12(13)15)7-6-10-4-2-1-3-5-10/h1-7H,8-9H2/b7-6-. The van der Waals surface area contributed by atoms with Crippen LogP contribution in [0, 0.1) is 0 Å². The number of cyclic esters (lactones) is 1. The van der Waals surface area contributed by atoms with Gasteiger partial charge in [-0.3, -0.25) is 4.79 Å². The Hall–Kier alpha value is -2.10. The molecule has 0 unspecified atom stereocenters. The van der Waals surface area contributed by atoms with E-state index in [-0.39, 0.29) is 12.5 Å². The van der Waals surface area contributed by atoms with Gasteiger partial charge in [0.25, 0.3) is 5.91 Å². The van der Waals surface area contributed by atoms with E-state index in [1.165, 1.54) is 6.08 Å². The molecule has 1 aromatic carbocycles. The van der Waals surface area contributed by atoms with Crippen molar-refractivity contribution < 1.29 is 14.3 Å². The fourth-order valence-electron chi connectivity index (χ4n) is 1.42. The van der Waals surface area contributed by atoms with E-state index in [0.29, 0.717) is 6.54 Å². The molecule has 0 spiro atoms. The number of amides is 2. The first-order chi connectivity index (χ1) is 7.77. The molecule has 82 valence electrons. The van der Waals surface area contributed by atoms with Crippen LogP contribution >= 0.6 is 0 Å². The number of rotatable bonds is 2. The molecular formula is C12H11NO3. The molecule has 0 bridgehead atoms. The number of hydrogen-bond acceptors (Lipinski definition) is 3. The van der Waals surface area contributed by atoms with E-state index in [1.807, 2.05) is 30.3 Å². The molecule has 16 heavy (non-hydrogen) atoms. The van der Waals surface area contributed by atoms with Crippen LogP contribution in [0.2, 0.25) is 0 Å². The average Bonchev–Trinajstić information content (AvgIpc) is 2.74. The van der Waals surface area contributed by atoms with Gasteiger partial charge in [-0.25, -0.2) is 9.69 Å². The van der Waals surface area contributed by atoms with Crippen LogP contribution in [0.3, 0.4) is 0 Å². The summed E-state index contributed by atoms with van der Waals surface area (Å²) in [7, 11) is 0. The molecule has 1 saturated heterocycles. The van der Waals surface area contributed by atoms with Gasteiger partial charge in [-0.05, 0) is 11.6 Å². The molecule has 1 aliphatic heterocycles. The zero-order valence-electron chi connectivity index (χ0n) is 8.63. The van der Waals surface area contributed by atoms with Gasteiger partial charge in [-0.1, -0.05) is 30.3 Å². The van der Waals surface area contributed by atoms with Gasteiger partial charge in [0.05, 0.1) is 6.54 Å². The average molecular weight is 217 g/mol. The Balaban J connectivity index is 2.02. The molecule has 1 aromatic rings. The predicted octanol–water partition coefficient (Wildman–Crippen LogP) is 1.68. The molecule has 0 radical (unpaired) electrons. The second-order valence-electron chi connectivity index (χ2n) is 3.35. The maximum Gasteiger partial charge on any atom is 0.416 e. The van der Waals surface area contributed by atoms with Crippen LogP contribution in [-0.2, 0) is 9.53 Å². The van der Waals surface area contributed by atoms with Crippen molar-refractivity contribution >= 4 is 18.1 Å². The number of ether oxygens (including phenoxy) is 1. The molecule has 1 aliphatic rings. The molecular weight excluding hydrogens is 206 g/mol. The van der Waals surface area contributed by atoms with Gasteiger partial charge in [0.2, 0.25) is 0 Å². The van der Waals surface area contributed by atoms with Gasteiger partial charge < -0.3 is 4.74 Å². The number of carbonyl (C=O) groups is 2. The second-order valence-corrected chi connectivity index (χ2v) is 3.35. The zero-order valence-corrected chi connectivity index (χ0v) is 8.63. The summed E-state index contributed by atoms with van der Waals surface area (Å²) in [6.45, 7) is 0.612. The number of imide groups is 1. The largest absolute Gasteiger partial charge is 0.447 e. The van der Waals surface area contributed by atoms with Crippen LogP contribution < -0.4 is 0 Å². The number of benzene rings is 1. The minimum Gasteiger partial charge on any atom is -0.447 e. The topological polar surface area (TPSA) is 46.6 Å². The molecule has 0 aromatic heterocycles. The van der Waals surface area contributed by atoms with Crippen LogP contribution in [0.1, 0.15) is 5.56 Å².